The van der Waals surface area contributed by atoms with Crippen molar-refractivity contribution in [3.05, 3.63) is 53.3 Å². The largest absolute Gasteiger partial charge is 0.481 e. The predicted molar refractivity (Wildman–Crippen MR) is 66.0 cm³/mol. The van der Waals surface area contributed by atoms with Gasteiger partial charge in [0.15, 0.2) is 0 Å². The maximum absolute atomic E-state index is 10.5. The van der Waals surface area contributed by atoms with Crippen LogP contribution in [0.25, 0.3) is 11.1 Å². The molecule has 1 N–H and O–H groups in total. The molecule has 0 aliphatic carbocycles. The zero-order valence-electron chi connectivity index (χ0n) is 8.93. The maximum Gasteiger partial charge on any atom is 0.309 e. The van der Waals surface area contributed by atoms with E-state index in [1.807, 2.05) is 24.3 Å². The summed E-state index contributed by atoms with van der Waals surface area (Å²) >= 11 is 5.90. The zero-order valence-corrected chi connectivity index (χ0v) is 9.69. The highest BCUT2D eigenvalue weighted by atomic mass is 35.5. The molecule has 0 saturated carbocycles. The summed E-state index contributed by atoms with van der Waals surface area (Å²) in [5.41, 5.74) is 2.43. The molecule has 0 saturated heterocycles. The van der Waals surface area contributed by atoms with E-state index < -0.39 is 5.97 Å². The Hall–Kier alpha value is -1.87. The third-order valence-electron chi connectivity index (χ3n) is 2.32. The van der Waals surface area contributed by atoms with E-state index in [-0.39, 0.29) is 6.42 Å². The highest BCUT2D eigenvalue weighted by molar-refractivity contribution is 6.30. The molecule has 4 heteroatoms. The van der Waals surface area contributed by atoms with E-state index in [4.69, 9.17) is 16.7 Å². The summed E-state index contributed by atoms with van der Waals surface area (Å²) in [6.45, 7) is 0. The fourth-order valence-corrected chi connectivity index (χ4v) is 1.71. The number of nitrogens with zero attached hydrogens (tertiary/aromatic N) is 1. The van der Waals surface area contributed by atoms with Crippen LogP contribution >= 0.6 is 11.6 Å². The number of halogens is 1. The number of carbonyl (C=O) groups is 1. The fraction of sp³-hybridized carbons (Fsp3) is 0.0769. The van der Waals surface area contributed by atoms with Crippen molar-refractivity contribution in [2.24, 2.45) is 0 Å². The molecule has 1 heterocycles. The van der Waals surface area contributed by atoms with E-state index in [0.29, 0.717) is 10.7 Å². The Morgan fingerprint density at radius 1 is 1.24 bits per heavy atom. The minimum Gasteiger partial charge on any atom is -0.481 e. The summed E-state index contributed by atoms with van der Waals surface area (Å²) in [6.07, 6.45) is 1.60. The van der Waals surface area contributed by atoms with Crippen molar-refractivity contribution in [3.8, 4) is 11.1 Å². The number of aromatic nitrogens is 1. The molecule has 2 aromatic rings. The van der Waals surface area contributed by atoms with Crippen molar-refractivity contribution in [2.75, 3.05) is 0 Å². The second kappa shape index (κ2) is 4.97. The number of rotatable bonds is 3. The average Bonchev–Trinajstić information content (AvgIpc) is 2.29. The van der Waals surface area contributed by atoms with Crippen LogP contribution in [0.3, 0.4) is 0 Å². The molecule has 2 rings (SSSR count). The lowest BCUT2D eigenvalue weighted by Gasteiger charge is -2.02. The minimum absolute atomic E-state index is 0.0597. The number of benzene rings is 1. The first-order chi connectivity index (χ1) is 8.15. The van der Waals surface area contributed by atoms with Gasteiger partial charge in [0.25, 0.3) is 0 Å². The van der Waals surface area contributed by atoms with Crippen molar-refractivity contribution >= 4 is 17.6 Å². The molecule has 0 unspecified atom stereocenters. The molecular formula is C13H10ClNO2. The van der Waals surface area contributed by atoms with Gasteiger partial charge in [-0.15, -0.1) is 0 Å². The monoisotopic (exact) mass is 247 g/mol. The van der Waals surface area contributed by atoms with Crippen LogP contribution in [0.5, 0.6) is 0 Å². The first-order valence-corrected chi connectivity index (χ1v) is 5.45. The molecule has 0 amide bonds. The van der Waals surface area contributed by atoms with E-state index >= 15 is 0 Å². The Morgan fingerprint density at radius 2 is 2.06 bits per heavy atom. The molecule has 1 aromatic heterocycles. The molecule has 0 aliphatic rings. The topological polar surface area (TPSA) is 50.2 Å². The number of carboxylic acids is 1. The molecule has 0 bridgehead atoms. The minimum atomic E-state index is -0.881. The molecule has 0 aliphatic heterocycles. The second-order valence-electron chi connectivity index (χ2n) is 3.62. The van der Waals surface area contributed by atoms with Gasteiger partial charge in [-0.2, -0.15) is 0 Å². The third-order valence-corrected chi connectivity index (χ3v) is 2.55. The van der Waals surface area contributed by atoms with E-state index in [1.54, 1.807) is 18.3 Å². The Morgan fingerprint density at radius 3 is 2.65 bits per heavy atom. The van der Waals surface area contributed by atoms with E-state index in [9.17, 15) is 4.79 Å². The Labute approximate surface area is 104 Å². The molecule has 1 aromatic carbocycles. The Kier molecular flexibility index (Phi) is 3.40. The average molecular weight is 248 g/mol. The van der Waals surface area contributed by atoms with Crippen LogP contribution in [0.4, 0.5) is 0 Å². The fourth-order valence-electron chi connectivity index (χ4n) is 1.52. The number of hydrogen-bond acceptors (Lipinski definition) is 2. The van der Waals surface area contributed by atoms with Crippen LogP contribution in [-0.2, 0) is 11.2 Å². The number of pyridine rings is 1. The smallest absolute Gasteiger partial charge is 0.309 e. The first-order valence-electron chi connectivity index (χ1n) is 5.08. The summed E-state index contributed by atoms with van der Waals surface area (Å²) < 4.78 is 0. The van der Waals surface area contributed by atoms with Gasteiger partial charge in [0.05, 0.1) is 12.1 Å². The van der Waals surface area contributed by atoms with Gasteiger partial charge in [-0.05, 0) is 23.8 Å². The van der Waals surface area contributed by atoms with Crippen LogP contribution in [0.2, 0.25) is 5.02 Å². The first kappa shape index (κ1) is 11.6. The lowest BCUT2D eigenvalue weighted by atomic mass is 10.1. The van der Waals surface area contributed by atoms with Gasteiger partial charge in [0.2, 0.25) is 0 Å². The van der Waals surface area contributed by atoms with Gasteiger partial charge in [0.1, 0.15) is 0 Å². The predicted octanol–water partition coefficient (Wildman–Crippen LogP) is 3.03. The van der Waals surface area contributed by atoms with Gasteiger partial charge >= 0.3 is 5.97 Å². The maximum atomic E-state index is 10.5. The van der Waals surface area contributed by atoms with Crippen LogP contribution in [-0.4, -0.2) is 16.1 Å². The molecule has 0 fully saturated rings. The lowest BCUT2D eigenvalue weighted by Crippen LogP contribution is -2.01. The summed E-state index contributed by atoms with van der Waals surface area (Å²) in [5, 5.41) is 9.30. The molecule has 0 spiro atoms. The van der Waals surface area contributed by atoms with Crippen molar-refractivity contribution in [2.45, 2.75) is 6.42 Å². The number of hydrogen-bond donors (Lipinski definition) is 1. The van der Waals surface area contributed by atoms with E-state index in [1.165, 1.54) is 0 Å². The summed E-state index contributed by atoms with van der Waals surface area (Å²) in [5.74, 6) is -0.881. The molecule has 17 heavy (non-hydrogen) atoms. The number of carboxylic acid groups (broad SMARTS) is 1. The highest BCUT2D eigenvalue weighted by Crippen LogP contribution is 2.21. The summed E-state index contributed by atoms with van der Waals surface area (Å²) in [6, 6.07) is 11.0. The van der Waals surface area contributed by atoms with E-state index in [2.05, 4.69) is 4.98 Å². The van der Waals surface area contributed by atoms with Crippen LogP contribution < -0.4 is 0 Å². The molecule has 0 radical (unpaired) electrons. The number of aliphatic carboxylic acids is 1. The normalized spacial score (nSPS) is 10.2. The Bertz CT molecular complexity index is 537. The van der Waals surface area contributed by atoms with Gasteiger partial charge < -0.3 is 5.11 Å². The Balaban J connectivity index is 2.26. The zero-order chi connectivity index (χ0) is 12.3. The van der Waals surface area contributed by atoms with Crippen molar-refractivity contribution in [3.63, 3.8) is 0 Å². The summed E-state index contributed by atoms with van der Waals surface area (Å²) in [4.78, 5) is 14.6. The van der Waals surface area contributed by atoms with E-state index in [0.717, 1.165) is 11.1 Å². The standard InChI is InChI=1S/C13H10ClNO2/c14-11-3-1-2-9(6-11)10-4-5-12(15-8-10)7-13(16)17/h1-6,8H,7H2,(H,16,17). The SMILES string of the molecule is O=C(O)Cc1ccc(-c2cccc(Cl)c2)cn1. The van der Waals surface area contributed by atoms with Crippen molar-refractivity contribution in [1.29, 1.82) is 0 Å². The molecule has 3 nitrogen and oxygen atoms in total. The lowest BCUT2D eigenvalue weighted by molar-refractivity contribution is -0.136. The van der Waals surface area contributed by atoms with Crippen LogP contribution in [0.15, 0.2) is 42.6 Å². The van der Waals surface area contributed by atoms with Gasteiger partial charge in [-0.3, -0.25) is 9.78 Å². The van der Waals surface area contributed by atoms with Crippen LogP contribution in [0.1, 0.15) is 5.69 Å². The molecule has 0 atom stereocenters. The van der Waals surface area contributed by atoms with Gasteiger partial charge in [0, 0.05) is 16.8 Å². The second-order valence-corrected chi connectivity index (χ2v) is 4.06. The van der Waals surface area contributed by atoms with Crippen molar-refractivity contribution in [1.82, 2.24) is 4.98 Å². The van der Waals surface area contributed by atoms with Gasteiger partial charge in [-0.1, -0.05) is 29.8 Å². The van der Waals surface area contributed by atoms with Crippen molar-refractivity contribution < 1.29 is 9.90 Å². The molecular weight excluding hydrogens is 238 g/mol. The van der Waals surface area contributed by atoms with Gasteiger partial charge in [-0.25, -0.2) is 0 Å². The summed E-state index contributed by atoms with van der Waals surface area (Å²) in [7, 11) is 0. The molecule has 86 valence electrons. The van der Waals surface area contributed by atoms with Crippen LogP contribution in [0, 0.1) is 0 Å². The quantitative estimate of drug-likeness (QED) is 0.907. The third kappa shape index (κ3) is 3.04. The highest BCUT2D eigenvalue weighted by Gasteiger charge is 2.03.